The van der Waals surface area contributed by atoms with Gasteiger partial charge in [-0.1, -0.05) is 42.5 Å². The fraction of sp³-hybridized carbons (Fsp3) is 0.133. The molecule has 0 unspecified atom stereocenters. The van der Waals surface area contributed by atoms with Gasteiger partial charge in [-0.3, -0.25) is 4.98 Å². The van der Waals surface area contributed by atoms with Gasteiger partial charge in [0.1, 0.15) is 0 Å². The molecule has 1 heterocycles. The Balaban J connectivity index is 0.000000171. The van der Waals surface area contributed by atoms with Gasteiger partial charge in [-0.15, -0.1) is 6.58 Å². The highest BCUT2D eigenvalue weighted by molar-refractivity contribution is 5.13. The van der Waals surface area contributed by atoms with Crippen LogP contribution in [-0.4, -0.2) is 4.98 Å². The third kappa shape index (κ3) is 5.64. The van der Waals surface area contributed by atoms with E-state index in [1.807, 2.05) is 54.6 Å². The molecule has 2 nitrogen and oxygen atoms in total. The van der Waals surface area contributed by atoms with Crippen molar-refractivity contribution in [3.05, 3.63) is 78.6 Å². The van der Waals surface area contributed by atoms with Gasteiger partial charge in [-0.2, -0.15) is 0 Å². The molecule has 0 atom stereocenters. The zero-order valence-corrected chi connectivity index (χ0v) is 9.92. The third-order valence-corrected chi connectivity index (χ3v) is 2.16. The van der Waals surface area contributed by atoms with Crippen LogP contribution >= 0.6 is 0 Å². The standard InChI is InChI=1S/C8H9N.C7H9N/c1-2-5-8-6-3-4-7-9-8;8-6-7-4-2-1-3-5-7/h2-4,6-7H,1,5H2;1-5H,6,8H2. The van der Waals surface area contributed by atoms with Gasteiger partial charge in [0.05, 0.1) is 0 Å². The minimum atomic E-state index is 0.640. The summed E-state index contributed by atoms with van der Waals surface area (Å²) in [4.78, 5) is 4.10. The first kappa shape index (κ1) is 13.1. The number of allylic oxidation sites excluding steroid dienone is 1. The van der Waals surface area contributed by atoms with E-state index in [9.17, 15) is 0 Å². The van der Waals surface area contributed by atoms with Gasteiger partial charge < -0.3 is 5.73 Å². The molecule has 0 fully saturated rings. The number of benzene rings is 1. The molecule has 2 aromatic rings. The monoisotopic (exact) mass is 226 g/mol. The van der Waals surface area contributed by atoms with Crippen molar-refractivity contribution in [1.82, 2.24) is 4.98 Å². The van der Waals surface area contributed by atoms with Crippen LogP contribution in [0.4, 0.5) is 0 Å². The summed E-state index contributed by atoms with van der Waals surface area (Å²) in [6.45, 7) is 4.26. The van der Waals surface area contributed by atoms with E-state index in [-0.39, 0.29) is 0 Å². The van der Waals surface area contributed by atoms with Crippen LogP contribution in [0.2, 0.25) is 0 Å². The van der Waals surface area contributed by atoms with Gasteiger partial charge in [-0.25, -0.2) is 0 Å². The van der Waals surface area contributed by atoms with Crippen LogP contribution in [-0.2, 0) is 13.0 Å². The Bertz CT molecular complexity index is 409. The lowest BCUT2D eigenvalue weighted by Gasteiger charge is -1.90. The predicted molar refractivity (Wildman–Crippen MR) is 72.5 cm³/mol. The van der Waals surface area contributed by atoms with E-state index in [0.717, 1.165) is 12.1 Å². The zero-order valence-electron chi connectivity index (χ0n) is 9.92. The Morgan fingerprint density at radius 3 is 2.24 bits per heavy atom. The van der Waals surface area contributed by atoms with Crippen molar-refractivity contribution < 1.29 is 0 Å². The zero-order chi connectivity index (χ0) is 12.3. The second kappa shape index (κ2) is 8.25. The SMILES string of the molecule is C=CCc1ccccn1.NCc1ccccc1. The van der Waals surface area contributed by atoms with Crippen LogP contribution in [0, 0.1) is 0 Å². The van der Waals surface area contributed by atoms with Crippen LogP contribution in [0.5, 0.6) is 0 Å². The van der Waals surface area contributed by atoms with E-state index in [2.05, 4.69) is 11.6 Å². The van der Waals surface area contributed by atoms with E-state index in [1.54, 1.807) is 6.20 Å². The van der Waals surface area contributed by atoms with Gasteiger partial charge in [0.25, 0.3) is 0 Å². The molecule has 0 aliphatic rings. The molecule has 2 heteroatoms. The maximum atomic E-state index is 5.35. The average molecular weight is 226 g/mol. The number of nitrogens with two attached hydrogens (primary N) is 1. The van der Waals surface area contributed by atoms with Crippen LogP contribution in [0.1, 0.15) is 11.3 Å². The van der Waals surface area contributed by atoms with E-state index < -0.39 is 0 Å². The van der Waals surface area contributed by atoms with Crippen LogP contribution in [0.25, 0.3) is 0 Å². The minimum absolute atomic E-state index is 0.640. The van der Waals surface area contributed by atoms with Crippen molar-refractivity contribution in [2.45, 2.75) is 13.0 Å². The van der Waals surface area contributed by atoms with Gasteiger partial charge in [0.15, 0.2) is 0 Å². The highest BCUT2D eigenvalue weighted by atomic mass is 14.7. The number of hydrogen-bond acceptors (Lipinski definition) is 2. The quantitative estimate of drug-likeness (QED) is 0.817. The van der Waals surface area contributed by atoms with Gasteiger partial charge in [0.2, 0.25) is 0 Å². The molecule has 0 saturated heterocycles. The lowest BCUT2D eigenvalue weighted by atomic mass is 10.2. The summed E-state index contributed by atoms with van der Waals surface area (Å²) in [7, 11) is 0. The predicted octanol–water partition coefficient (Wildman–Crippen LogP) is 2.96. The van der Waals surface area contributed by atoms with Crippen molar-refractivity contribution >= 4 is 0 Å². The second-order valence-electron chi connectivity index (χ2n) is 3.50. The van der Waals surface area contributed by atoms with E-state index in [0.29, 0.717) is 6.54 Å². The number of hydrogen-bond donors (Lipinski definition) is 1. The highest BCUT2D eigenvalue weighted by Gasteiger charge is 1.83. The second-order valence-corrected chi connectivity index (χ2v) is 3.50. The fourth-order valence-corrected chi connectivity index (χ4v) is 1.28. The number of rotatable bonds is 3. The van der Waals surface area contributed by atoms with Gasteiger partial charge in [-0.05, 0) is 17.7 Å². The van der Waals surface area contributed by atoms with E-state index in [4.69, 9.17) is 5.73 Å². The molecular weight excluding hydrogens is 208 g/mol. The maximum absolute atomic E-state index is 5.35. The van der Waals surface area contributed by atoms with Crippen LogP contribution in [0.15, 0.2) is 67.4 Å². The summed E-state index contributed by atoms with van der Waals surface area (Å²) < 4.78 is 0. The molecule has 0 aliphatic carbocycles. The maximum Gasteiger partial charge on any atom is 0.0441 e. The summed E-state index contributed by atoms with van der Waals surface area (Å²) in [5, 5.41) is 0. The Morgan fingerprint density at radius 1 is 1.06 bits per heavy atom. The van der Waals surface area contributed by atoms with Crippen molar-refractivity contribution in [1.29, 1.82) is 0 Å². The Kier molecular flexibility index (Phi) is 6.37. The molecule has 1 aromatic carbocycles. The first-order valence-electron chi connectivity index (χ1n) is 5.61. The molecule has 0 aliphatic heterocycles. The minimum Gasteiger partial charge on any atom is -0.326 e. The smallest absolute Gasteiger partial charge is 0.0441 e. The topological polar surface area (TPSA) is 38.9 Å². The molecule has 0 bridgehead atoms. The third-order valence-electron chi connectivity index (χ3n) is 2.16. The fourth-order valence-electron chi connectivity index (χ4n) is 1.28. The summed E-state index contributed by atoms with van der Waals surface area (Å²) >= 11 is 0. The molecule has 0 saturated carbocycles. The van der Waals surface area contributed by atoms with Gasteiger partial charge in [0, 0.05) is 24.9 Å². The Hall–Kier alpha value is -1.93. The highest BCUT2D eigenvalue weighted by Crippen LogP contribution is 1.94. The molecular formula is C15H18N2. The lowest BCUT2D eigenvalue weighted by Crippen LogP contribution is -1.94. The van der Waals surface area contributed by atoms with Crippen LogP contribution in [0.3, 0.4) is 0 Å². The van der Waals surface area contributed by atoms with E-state index >= 15 is 0 Å². The summed E-state index contributed by atoms with van der Waals surface area (Å²) in [6, 6.07) is 15.9. The first-order valence-corrected chi connectivity index (χ1v) is 5.61. The van der Waals surface area contributed by atoms with Gasteiger partial charge >= 0.3 is 0 Å². The molecule has 88 valence electrons. The largest absolute Gasteiger partial charge is 0.326 e. The van der Waals surface area contributed by atoms with E-state index in [1.165, 1.54) is 5.56 Å². The lowest BCUT2D eigenvalue weighted by molar-refractivity contribution is 1.07. The van der Waals surface area contributed by atoms with Crippen LogP contribution < -0.4 is 5.73 Å². The summed E-state index contributed by atoms with van der Waals surface area (Å²) in [5.41, 5.74) is 7.61. The normalized spacial score (nSPS) is 9.00. The van der Waals surface area contributed by atoms with Crippen molar-refractivity contribution in [2.75, 3.05) is 0 Å². The summed E-state index contributed by atoms with van der Waals surface area (Å²) in [5.74, 6) is 0. The molecule has 17 heavy (non-hydrogen) atoms. The van der Waals surface area contributed by atoms with Crippen molar-refractivity contribution in [2.24, 2.45) is 5.73 Å². The number of aromatic nitrogens is 1. The van der Waals surface area contributed by atoms with Crippen molar-refractivity contribution in [3.63, 3.8) is 0 Å². The molecule has 2 rings (SSSR count). The first-order chi connectivity index (χ1) is 8.36. The molecule has 0 spiro atoms. The average Bonchev–Trinajstić information content (AvgIpc) is 2.42. The summed E-state index contributed by atoms with van der Waals surface area (Å²) in [6.07, 6.45) is 4.50. The number of pyridine rings is 1. The Labute approximate surface area is 103 Å². The Morgan fingerprint density at radius 2 is 1.76 bits per heavy atom. The molecule has 1 aromatic heterocycles. The number of nitrogens with zero attached hydrogens (tertiary/aromatic N) is 1. The van der Waals surface area contributed by atoms with Crippen molar-refractivity contribution in [3.8, 4) is 0 Å². The molecule has 2 N–H and O–H groups in total. The molecule has 0 radical (unpaired) electrons. The molecule has 0 amide bonds.